The lowest BCUT2D eigenvalue weighted by atomic mass is 10.5. The zero-order valence-electron chi connectivity index (χ0n) is 6.82. The lowest BCUT2D eigenvalue weighted by Gasteiger charge is -2.04. The molecule has 0 bridgehead atoms. The highest BCUT2D eigenvalue weighted by Crippen LogP contribution is 2.45. The molecule has 0 aliphatic heterocycles. The molecule has 68 valence electrons. The van der Waals surface area contributed by atoms with Gasteiger partial charge in [-0.3, -0.25) is 0 Å². The average Bonchev–Trinajstić information content (AvgIpc) is 2.72. The summed E-state index contributed by atoms with van der Waals surface area (Å²) >= 11 is 0. The van der Waals surface area contributed by atoms with Crippen molar-refractivity contribution < 1.29 is 8.42 Å². The summed E-state index contributed by atoms with van der Waals surface area (Å²) in [4.78, 5) is 2.89. The molecule has 1 aromatic rings. The predicted octanol–water partition coefficient (Wildman–Crippen LogP) is 0.845. The fraction of sp³-hybridized carbons (Fsp3) is 0.375. The molecule has 2 rings (SSSR count). The number of aromatic amines is 1. The number of hydrogen-bond acceptors (Lipinski definition) is 3. The fourth-order valence-electron chi connectivity index (χ4n) is 1.26. The summed E-state index contributed by atoms with van der Waals surface area (Å²) < 4.78 is 22.4. The molecule has 1 fully saturated rings. The number of sulfone groups is 1. The Morgan fingerprint density at radius 1 is 1.54 bits per heavy atom. The van der Waals surface area contributed by atoms with Gasteiger partial charge in [-0.25, -0.2) is 8.42 Å². The summed E-state index contributed by atoms with van der Waals surface area (Å²) in [5.41, 5.74) is 0. The van der Waals surface area contributed by atoms with Gasteiger partial charge in [0.05, 0.1) is 11.0 Å². The van der Waals surface area contributed by atoms with Crippen LogP contribution < -0.4 is 0 Å². The molecule has 1 saturated carbocycles. The molecule has 1 heterocycles. The minimum absolute atomic E-state index is 0.214. The van der Waals surface area contributed by atoms with Gasteiger partial charge in [0.15, 0.2) is 14.6 Å². The molecule has 1 aromatic heterocycles. The Balaban J connectivity index is 2.51. The minimum atomic E-state index is -3.43. The van der Waals surface area contributed by atoms with Gasteiger partial charge in [-0.15, -0.1) is 0 Å². The molecule has 1 N–H and O–H groups in total. The molecular formula is C8H8N2O2S. The van der Waals surface area contributed by atoms with E-state index in [2.05, 4.69) is 4.98 Å². The van der Waals surface area contributed by atoms with Crippen LogP contribution in [-0.2, 0) is 9.84 Å². The van der Waals surface area contributed by atoms with E-state index in [1.165, 1.54) is 12.3 Å². The Morgan fingerprint density at radius 3 is 2.62 bits per heavy atom. The summed E-state index contributed by atoms with van der Waals surface area (Å²) in [5.74, 6) is 0. The molecule has 0 saturated heterocycles. The first kappa shape index (κ1) is 8.32. The van der Waals surface area contributed by atoms with E-state index < -0.39 is 14.6 Å². The van der Waals surface area contributed by atoms with Crippen LogP contribution in [0, 0.1) is 11.3 Å². The van der Waals surface area contributed by atoms with Crippen molar-refractivity contribution >= 4 is 9.84 Å². The second-order valence-electron chi connectivity index (χ2n) is 3.16. The first-order valence-corrected chi connectivity index (χ1v) is 5.39. The molecule has 1 aliphatic carbocycles. The van der Waals surface area contributed by atoms with E-state index in [0.29, 0.717) is 12.8 Å². The molecule has 0 unspecified atom stereocenters. The molecule has 5 heteroatoms. The van der Waals surface area contributed by atoms with Crippen LogP contribution >= 0.6 is 0 Å². The van der Waals surface area contributed by atoms with E-state index in [1.807, 2.05) is 6.07 Å². The molecule has 13 heavy (non-hydrogen) atoms. The van der Waals surface area contributed by atoms with Gasteiger partial charge in [-0.2, -0.15) is 5.26 Å². The number of H-pyrrole nitrogens is 1. The van der Waals surface area contributed by atoms with Crippen molar-refractivity contribution in [3.63, 3.8) is 0 Å². The van der Waals surface area contributed by atoms with Gasteiger partial charge >= 0.3 is 0 Å². The molecule has 0 atom stereocenters. The zero-order valence-corrected chi connectivity index (χ0v) is 7.63. The number of nitrogens with one attached hydrogen (secondary N) is 1. The summed E-state index contributed by atoms with van der Waals surface area (Å²) in [5, 5.41) is 8.75. The van der Waals surface area contributed by atoms with Crippen LogP contribution in [0.25, 0.3) is 0 Å². The molecule has 0 aromatic carbocycles. The summed E-state index contributed by atoms with van der Waals surface area (Å²) in [6.07, 6.45) is 3.86. The third kappa shape index (κ3) is 0.988. The molecular weight excluding hydrogens is 188 g/mol. The minimum Gasteiger partial charge on any atom is -0.366 e. The maximum absolute atomic E-state index is 11.8. The predicted molar refractivity (Wildman–Crippen MR) is 45.6 cm³/mol. The quantitative estimate of drug-likeness (QED) is 0.761. The lowest BCUT2D eigenvalue weighted by molar-refractivity contribution is 0.588. The number of nitrogens with zero attached hydrogens (tertiary/aromatic N) is 1. The van der Waals surface area contributed by atoms with E-state index in [-0.39, 0.29) is 4.90 Å². The standard InChI is InChI=1S/C8H8N2O2S/c9-6-8(2-3-8)13(11,12)7-1-4-10-5-7/h1,4-5,10H,2-3H2. The van der Waals surface area contributed by atoms with Crippen molar-refractivity contribution in [2.45, 2.75) is 22.5 Å². The van der Waals surface area contributed by atoms with E-state index >= 15 is 0 Å². The molecule has 1 aliphatic rings. The van der Waals surface area contributed by atoms with E-state index in [1.54, 1.807) is 6.20 Å². The topological polar surface area (TPSA) is 73.7 Å². The van der Waals surface area contributed by atoms with Crippen molar-refractivity contribution in [3.8, 4) is 6.07 Å². The van der Waals surface area contributed by atoms with Gasteiger partial charge in [0.1, 0.15) is 0 Å². The van der Waals surface area contributed by atoms with E-state index in [4.69, 9.17) is 5.26 Å². The summed E-state index contributed by atoms with van der Waals surface area (Å²) in [6, 6.07) is 3.36. The Hall–Kier alpha value is -1.28. The third-order valence-electron chi connectivity index (χ3n) is 2.30. The van der Waals surface area contributed by atoms with Crippen LogP contribution in [0.4, 0.5) is 0 Å². The van der Waals surface area contributed by atoms with Crippen molar-refractivity contribution in [1.29, 1.82) is 5.26 Å². The van der Waals surface area contributed by atoms with Crippen molar-refractivity contribution in [2.75, 3.05) is 0 Å². The van der Waals surface area contributed by atoms with Gasteiger partial charge in [0.25, 0.3) is 0 Å². The highest BCUT2D eigenvalue weighted by Gasteiger charge is 2.56. The van der Waals surface area contributed by atoms with Crippen LogP contribution in [0.15, 0.2) is 23.4 Å². The number of nitriles is 1. The van der Waals surface area contributed by atoms with Crippen LogP contribution in [0.1, 0.15) is 12.8 Å². The largest absolute Gasteiger partial charge is 0.366 e. The highest BCUT2D eigenvalue weighted by molar-refractivity contribution is 7.93. The molecule has 0 radical (unpaired) electrons. The van der Waals surface area contributed by atoms with E-state index in [0.717, 1.165) is 0 Å². The first-order valence-electron chi connectivity index (χ1n) is 3.91. The fourth-order valence-corrected chi connectivity index (χ4v) is 2.94. The van der Waals surface area contributed by atoms with Gasteiger partial charge in [-0.05, 0) is 18.9 Å². The van der Waals surface area contributed by atoms with Crippen molar-refractivity contribution in [1.82, 2.24) is 4.98 Å². The lowest BCUT2D eigenvalue weighted by Crippen LogP contribution is -2.20. The summed E-state index contributed by atoms with van der Waals surface area (Å²) in [7, 11) is -3.43. The smallest absolute Gasteiger partial charge is 0.198 e. The van der Waals surface area contributed by atoms with Crippen molar-refractivity contribution in [3.05, 3.63) is 18.5 Å². The van der Waals surface area contributed by atoms with Crippen LogP contribution in [-0.4, -0.2) is 18.1 Å². The van der Waals surface area contributed by atoms with Crippen LogP contribution in [0.2, 0.25) is 0 Å². The molecule has 0 spiro atoms. The SMILES string of the molecule is N#CC1(S(=O)(=O)c2cc[nH]c2)CC1. The summed E-state index contributed by atoms with van der Waals surface area (Å²) in [6.45, 7) is 0. The van der Waals surface area contributed by atoms with Gasteiger partial charge in [-0.1, -0.05) is 0 Å². The number of hydrogen-bond donors (Lipinski definition) is 1. The molecule has 0 amide bonds. The van der Waals surface area contributed by atoms with Crippen molar-refractivity contribution in [2.24, 2.45) is 0 Å². The zero-order chi connectivity index (χ0) is 9.53. The third-order valence-corrected chi connectivity index (χ3v) is 4.70. The first-order chi connectivity index (χ1) is 6.12. The van der Waals surface area contributed by atoms with Gasteiger partial charge in [0.2, 0.25) is 0 Å². The van der Waals surface area contributed by atoms with Gasteiger partial charge < -0.3 is 4.98 Å². The average molecular weight is 196 g/mol. The second-order valence-corrected chi connectivity index (χ2v) is 5.42. The number of rotatable bonds is 2. The number of aromatic nitrogens is 1. The highest BCUT2D eigenvalue weighted by atomic mass is 32.2. The molecule has 4 nitrogen and oxygen atoms in total. The van der Waals surface area contributed by atoms with Gasteiger partial charge in [0, 0.05) is 12.4 Å². The van der Waals surface area contributed by atoms with Crippen LogP contribution in [0.5, 0.6) is 0 Å². The Kier molecular flexibility index (Phi) is 1.51. The monoisotopic (exact) mass is 196 g/mol. The Bertz CT molecular complexity index is 449. The Morgan fingerprint density at radius 2 is 2.23 bits per heavy atom. The second kappa shape index (κ2) is 2.36. The maximum atomic E-state index is 11.8. The van der Waals surface area contributed by atoms with Crippen LogP contribution in [0.3, 0.4) is 0 Å². The van der Waals surface area contributed by atoms with E-state index in [9.17, 15) is 8.42 Å². The normalized spacial score (nSPS) is 19.3. The maximum Gasteiger partial charge on any atom is 0.198 e. The Labute approximate surface area is 76.1 Å².